The lowest BCUT2D eigenvalue weighted by atomic mass is 10.1. The zero-order valence-electron chi connectivity index (χ0n) is 10.3. The largest absolute Gasteiger partial charge is 0.497 e. The zero-order valence-corrected chi connectivity index (χ0v) is 10.3. The van der Waals surface area contributed by atoms with Crippen LogP contribution in [0.15, 0.2) is 30.3 Å². The summed E-state index contributed by atoms with van der Waals surface area (Å²) >= 11 is 0. The van der Waals surface area contributed by atoms with Crippen molar-refractivity contribution in [2.24, 2.45) is 0 Å². The van der Waals surface area contributed by atoms with Gasteiger partial charge in [-0.15, -0.1) is 0 Å². The Kier molecular flexibility index (Phi) is 3.04. The van der Waals surface area contributed by atoms with E-state index in [1.165, 1.54) is 0 Å². The van der Waals surface area contributed by atoms with E-state index in [0.717, 1.165) is 17.0 Å². The second kappa shape index (κ2) is 4.49. The van der Waals surface area contributed by atoms with Gasteiger partial charge in [-0.1, -0.05) is 12.1 Å². The molecular weight excluding hydrogens is 214 g/mol. The number of anilines is 1. The molecule has 2 rings (SSSR count). The molecule has 0 spiro atoms. The Balaban J connectivity index is 2.51. The normalized spacial score (nSPS) is 10.8. The molecular formula is C13H17N3O. The van der Waals surface area contributed by atoms with E-state index in [2.05, 4.69) is 18.9 Å². The molecule has 0 amide bonds. The number of methoxy groups -OCH3 is 1. The fraction of sp³-hybridized carbons (Fsp3) is 0.308. The minimum absolute atomic E-state index is 0.272. The highest BCUT2D eigenvalue weighted by Gasteiger charge is 2.11. The van der Waals surface area contributed by atoms with Crippen LogP contribution in [0.1, 0.15) is 19.9 Å². The summed E-state index contributed by atoms with van der Waals surface area (Å²) in [4.78, 5) is 0. The molecule has 0 aliphatic heterocycles. The second-order valence-corrected chi connectivity index (χ2v) is 4.22. The Morgan fingerprint density at radius 3 is 2.71 bits per heavy atom. The monoisotopic (exact) mass is 231 g/mol. The predicted octanol–water partition coefficient (Wildman–Crippen LogP) is 2.72. The minimum atomic E-state index is 0.272. The van der Waals surface area contributed by atoms with Gasteiger partial charge in [0.25, 0.3) is 0 Å². The fourth-order valence-corrected chi connectivity index (χ4v) is 1.80. The van der Waals surface area contributed by atoms with E-state index >= 15 is 0 Å². The summed E-state index contributed by atoms with van der Waals surface area (Å²) in [5.41, 5.74) is 7.83. The highest BCUT2D eigenvalue weighted by molar-refractivity contribution is 5.64. The number of nitrogens with two attached hydrogens (primary N) is 1. The summed E-state index contributed by atoms with van der Waals surface area (Å²) in [6.45, 7) is 4.16. The van der Waals surface area contributed by atoms with Crippen LogP contribution in [0.2, 0.25) is 0 Å². The molecule has 0 aliphatic carbocycles. The van der Waals surface area contributed by atoms with Crippen molar-refractivity contribution in [1.29, 1.82) is 0 Å². The van der Waals surface area contributed by atoms with E-state index in [4.69, 9.17) is 10.5 Å². The molecule has 2 aromatic rings. The van der Waals surface area contributed by atoms with Crippen LogP contribution in [0.25, 0.3) is 11.3 Å². The van der Waals surface area contributed by atoms with Crippen molar-refractivity contribution >= 4 is 5.82 Å². The van der Waals surface area contributed by atoms with E-state index in [0.29, 0.717) is 5.82 Å². The standard InChI is InChI=1S/C13H17N3O/c1-9(2)16-12(8-13(14)15-16)10-5-4-6-11(7-10)17-3/h4-9H,1-3H3,(H2,14,15). The van der Waals surface area contributed by atoms with Gasteiger partial charge in [0.1, 0.15) is 11.6 Å². The summed E-state index contributed by atoms with van der Waals surface area (Å²) in [7, 11) is 1.66. The van der Waals surface area contributed by atoms with Gasteiger partial charge in [0.05, 0.1) is 12.8 Å². The highest BCUT2D eigenvalue weighted by Crippen LogP contribution is 2.27. The van der Waals surface area contributed by atoms with Gasteiger partial charge in [-0.3, -0.25) is 4.68 Å². The number of ether oxygens (including phenoxy) is 1. The Morgan fingerprint density at radius 2 is 2.06 bits per heavy atom. The molecule has 1 heterocycles. The van der Waals surface area contributed by atoms with Gasteiger partial charge in [-0.05, 0) is 26.0 Å². The third-order valence-electron chi connectivity index (χ3n) is 2.61. The van der Waals surface area contributed by atoms with Crippen molar-refractivity contribution in [3.05, 3.63) is 30.3 Å². The van der Waals surface area contributed by atoms with Crippen LogP contribution in [0.3, 0.4) is 0 Å². The number of benzene rings is 1. The number of nitrogen functional groups attached to an aromatic ring is 1. The van der Waals surface area contributed by atoms with E-state index in [9.17, 15) is 0 Å². The molecule has 4 nitrogen and oxygen atoms in total. The molecule has 0 aliphatic rings. The first kappa shape index (κ1) is 11.5. The fourth-order valence-electron chi connectivity index (χ4n) is 1.80. The van der Waals surface area contributed by atoms with Crippen LogP contribution in [0.4, 0.5) is 5.82 Å². The molecule has 1 aromatic heterocycles. The maximum absolute atomic E-state index is 5.76. The molecule has 90 valence electrons. The first-order chi connectivity index (χ1) is 8.11. The van der Waals surface area contributed by atoms with Gasteiger partial charge in [0.2, 0.25) is 0 Å². The number of hydrogen-bond acceptors (Lipinski definition) is 3. The van der Waals surface area contributed by atoms with Crippen molar-refractivity contribution in [2.75, 3.05) is 12.8 Å². The first-order valence-electron chi connectivity index (χ1n) is 5.61. The van der Waals surface area contributed by atoms with Gasteiger partial charge in [-0.25, -0.2) is 0 Å². The van der Waals surface area contributed by atoms with Crippen molar-refractivity contribution in [3.8, 4) is 17.0 Å². The van der Waals surface area contributed by atoms with Crippen LogP contribution >= 0.6 is 0 Å². The summed E-state index contributed by atoms with van der Waals surface area (Å²) in [6.07, 6.45) is 0. The van der Waals surface area contributed by atoms with E-state index < -0.39 is 0 Å². The van der Waals surface area contributed by atoms with Crippen LogP contribution in [-0.4, -0.2) is 16.9 Å². The van der Waals surface area contributed by atoms with E-state index in [-0.39, 0.29) is 6.04 Å². The zero-order chi connectivity index (χ0) is 12.4. The molecule has 0 fully saturated rings. The lowest BCUT2D eigenvalue weighted by Gasteiger charge is -2.11. The third-order valence-corrected chi connectivity index (χ3v) is 2.61. The summed E-state index contributed by atoms with van der Waals surface area (Å²) in [5, 5.41) is 4.30. The Bertz CT molecular complexity index is 517. The average Bonchev–Trinajstić information content (AvgIpc) is 2.72. The maximum atomic E-state index is 5.76. The summed E-state index contributed by atoms with van der Waals surface area (Å²) in [6, 6.07) is 10.0. The SMILES string of the molecule is COc1cccc(-c2cc(N)nn2C(C)C)c1. The van der Waals surface area contributed by atoms with E-state index in [1.54, 1.807) is 7.11 Å². The molecule has 0 radical (unpaired) electrons. The number of aromatic nitrogens is 2. The topological polar surface area (TPSA) is 53.1 Å². The van der Waals surface area contributed by atoms with E-state index in [1.807, 2.05) is 35.0 Å². The Morgan fingerprint density at radius 1 is 1.29 bits per heavy atom. The van der Waals surface area contributed by atoms with Crippen LogP contribution in [0.5, 0.6) is 5.75 Å². The van der Waals surface area contributed by atoms with Crippen molar-refractivity contribution < 1.29 is 4.74 Å². The smallest absolute Gasteiger partial charge is 0.146 e. The van der Waals surface area contributed by atoms with Crippen LogP contribution < -0.4 is 10.5 Å². The molecule has 0 bridgehead atoms. The third kappa shape index (κ3) is 2.25. The van der Waals surface area contributed by atoms with Gasteiger partial charge in [0, 0.05) is 17.7 Å². The number of rotatable bonds is 3. The molecule has 2 N–H and O–H groups in total. The molecule has 4 heteroatoms. The molecule has 0 saturated heterocycles. The molecule has 1 aromatic carbocycles. The number of nitrogens with zero attached hydrogens (tertiary/aromatic N) is 2. The lowest BCUT2D eigenvalue weighted by molar-refractivity contribution is 0.415. The molecule has 0 unspecified atom stereocenters. The van der Waals surface area contributed by atoms with Gasteiger partial charge in [0.15, 0.2) is 0 Å². The van der Waals surface area contributed by atoms with Gasteiger partial charge < -0.3 is 10.5 Å². The van der Waals surface area contributed by atoms with Gasteiger partial charge in [-0.2, -0.15) is 5.10 Å². The highest BCUT2D eigenvalue weighted by atomic mass is 16.5. The summed E-state index contributed by atoms with van der Waals surface area (Å²) in [5.74, 6) is 1.37. The first-order valence-corrected chi connectivity index (χ1v) is 5.61. The van der Waals surface area contributed by atoms with Crippen LogP contribution in [0, 0.1) is 0 Å². The predicted molar refractivity (Wildman–Crippen MR) is 69.0 cm³/mol. The van der Waals surface area contributed by atoms with Crippen molar-refractivity contribution in [3.63, 3.8) is 0 Å². The minimum Gasteiger partial charge on any atom is -0.497 e. The van der Waals surface area contributed by atoms with Crippen LogP contribution in [-0.2, 0) is 0 Å². The average molecular weight is 231 g/mol. The summed E-state index contributed by atoms with van der Waals surface area (Å²) < 4.78 is 7.14. The Labute approximate surface area is 101 Å². The van der Waals surface area contributed by atoms with Crippen molar-refractivity contribution in [1.82, 2.24) is 9.78 Å². The molecule has 17 heavy (non-hydrogen) atoms. The Hall–Kier alpha value is -1.97. The quantitative estimate of drug-likeness (QED) is 0.883. The maximum Gasteiger partial charge on any atom is 0.146 e. The lowest BCUT2D eigenvalue weighted by Crippen LogP contribution is -2.05. The molecule has 0 atom stereocenters. The van der Waals surface area contributed by atoms with Gasteiger partial charge >= 0.3 is 0 Å². The molecule has 0 saturated carbocycles. The second-order valence-electron chi connectivity index (χ2n) is 4.22. The van der Waals surface area contributed by atoms with Crippen molar-refractivity contribution in [2.45, 2.75) is 19.9 Å². The number of hydrogen-bond donors (Lipinski definition) is 1.